The highest BCUT2D eigenvalue weighted by Crippen LogP contribution is 2.21. The lowest BCUT2D eigenvalue weighted by molar-refractivity contribution is -0.0501. The molecule has 122 valence electrons. The first-order valence-electron chi connectivity index (χ1n) is 6.76. The molecule has 0 aliphatic rings. The maximum Gasteiger partial charge on any atom is 0.387 e. The smallest absolute Gasteiger partial charge is 0.387 e. The molecule has 0 spiro atoms. The minimum Gasteiger partial charge on any atom is -0.434 e. The van der Waals surface area contributed by atoms with Gasteiger partial charge in [0.15, 0.2) is 0 Å². The van der Waals surface area contributed by atoms with Gasteiger partial charge in [-0.2, -0.15) is 8.78 Å². The lowest BCUT2D eigenvalue weighted by atomic mass is 10.2. The first-order valence-corrected chi connectivity index (χ1v) is 8.13. The van der Waals surface area contributed by atoms with Gasteiger partial charge in [-0.1, -0.05) is 23.7 Å². The molecule has 1 amide bonds. The van der Waals surface area contributed by atoms with Gasteiger partial charge in [-0.05, 0) is 36.4 Å². The maximum atomic E-state index is 12.3. The van der Waals surface area contributed by atoms with E-state index in [-0.39, 0.29) is 11.3 Å². The number of halogens is 3. The van der Waals surface area contributed by atoms with Crippen LogP contribution in [0.4, 0.5) is 8.78 Å². The van der Waals surface area contributed by atoms with E-state index in [0.29, 0.717) is 17.3 Å². The minimum atomic E-state index is -2.97. The molecule has 0 radical (unpaired) electrons. The minimum absolute atomic E-state index is 0.0873. The number of nitrogens with one attached hydrogen (secondary N) is 1. The van der Waals surface area contributed by atoms with Gasteiger partial charge in [0.05, 0.1) is 5.56 Å². The zero-order valence-electron chi connectivity index (χ0n) is 12.0. The Balaban J connectivity index is 1.84. The third-order valence-electron chi connectivity index (χ3n) is 2.82. The molecule has 1 N–H and O–H groups in total. The third kappa shape index (κ3) is 5.73. The zero-order chi connectivity index (χ0) is 16.7. The predicted molar refractivity (Wildman–Crippen MR) is 87.6 cm³/mol. The second-order valence-corrected chi connectivity index (χ2v) is 6.04. The normalized spacial score (nSPS) is 10.6. The van der Waals surface area contributed by atoms with Crippen molar-refractivity contribution in [2.45, 2.75) is 11.5 Å². The first kappa shape index (κ1) is 17.6. The molecule has 2 aromatic rings. The summed E-state index contributed by atoms with van der Waals surface area (Å²) < 4.78 is 29.0. The summed E-state index contributed by atoms with van der Waals surface area (Å²) in [6.45, 7) is -2.57. The van der Waals surface area contributed by atoms with Crippen molar-refractivity contribution in [2.75, 3.05) is 12.3 Å². The molecule has 23 heavy (non-hydrogen) atoms. The number of carbonyl (C=O) groups is 1. The van der Waals surface area contributed by atoms with Crippen LogP contribution in [0, 0.1) is 0 Å². The molecule has 3 nitrogen and oxygen atoms in total. The molecule has 2 rings (SSSR count). The van der Waals surface area contributed by atoms with Gasteiger partial charge in [-0.25, -0.2) is 0 Å². The van der Waals surface area contributed by atoms with Crippen LogP contribution in [0.1, 0.15) is 10.4 Å². The van der Waals surface area contributed by atoms with Crippen LogP contribution in [0.25, 0.3) is 0 Å². The average Bonchev–Trinajstić information content (AvgIpc) is 2.53. The van der Waals surface area contributed by atoms with Crippen molar-refractivity contribution in [3.63, 3.8) is 0 Å². The number of ether oxygens (including phenoxy) is 1. The Kier molecular flexibility index (Phi) is 6.67. The Hall–Kier alpha value is -1.79. The first-order chi connectivity index (χ1) is 11.1. The Labute approximate surface area is 142 Å². The molecule has 0 heterocycles. The number of rotatable bonds is 7. The summed E-state index contributed by atoms with van der Waals surface area (Å²) in [6.07, 6.45) is 0. The molecule has 0 atom stereocenters. The molecule has 0 fully saturated rings. The van der Waals surface area contributed by atoms with Gasteiger partial charge >= 0.3 is 6.61 Å². The molecule has 0 aliphatic carbocycles. The van der Waals surface area contributed by atoms with E-state index in [0.717, 1.165) is 4.90 Å². The molecule has 2 aromatic carbocycles. The van der Waals surface area contributed by atoms with Gasteiger partial charge in [-0.15, -0.1) is 11.8 Å². The number of amides is 1. The van der Waals surface area contributed by atoms with Crippen LogP contribution in [-0.2, 0) is 0 Å². The van der Waals surface area contributed by atoms with Crippen molar-refractivity contribution in [1.82, 2.24) is 5.32 Å². The van der Waals surface area contributed by atoms with E-state index in [4.69, 9.17) is 11.6 Å². The molecule has 0 unspecified atom stereocenters. The number of thioether (sulfide) groups is 1. The molecule has 7 heteroatoms. The van der Waals surface area contributed by atoms with E-state index >= 15 is 0 Å². The average molecular weight is 358 g/mol. The standard InChI is InChI=1S/C16H14ClF2NO2S/c17-11-5-7-12(8-6-11)23-10-9-20-15(21)13-3-1-2-4-14(13)22-16(18)19/h1-8,16H,9-10H2,(H,20,21). The summed E-state index contributed by atoms with van der Waals surface area (Å²) in [5, 5.41) is 3.35. The second-order valence-electron chi connectivity index (χ2n) is 4.43. The highest BCUT2D eigenvalue weighted by atomic mass is 35.5. The van der Waals surface area contributed by atoms with Crippen LogP contribution in [0.3, 0.4) is 0 Å². The van der Waals surface area contributed by atoms with Crippen molar-refractivity contribution >= 4 is 29.3 Å². The number of benzene rings is 2. The van der Waals surface area contributed by atoms with Crippen LogP contribution in [-0.4, -0.2) is 24.8 Å². The highest BCUT2D eigenvalue weighted by molar-refractivity contribution is 7.99. The predicted octanol–water partition coefficient (Wildman–Crippen LogP) is 4.46. The molecule has 0 saturated carbocycles. The zero-order valence-corrected chi connectivity index (χ0v) is 13.5. The fourth-order valence-electron chi connectivity index (χ4n) is 1.81. The molecular formula is C16H14ClF2NO2S. The highest BCUT2D eigenvalue weighted by Gasteiger charge is 2.14. The van der Waals surface area contributed by atoms with Crippen molar-refractivity contribution in [2.24, 2.45) is 0 Å². The molecular weight excluding hydrogens is 344 g/mol. The number of para-hydroxylation sites is 1. The molecule has 0 aromatic heterocycles. The lowest BCUT2D eigenvalue weighted by Gasteiger charge is -2.10. The summed E-state index contributed by atoms with van der Waals surface area (Å²) in [6, 6.07) is 13.3. The van der Waals surface area contributed by atoms with E-state index in [1.165, 1.54) is 18.2 Å². The summed E-state index contributed by atoms with van der Waals surface area (Å²) >= 11 is 7.36. The van der Waals surface area contributed by atoms with Gasteiger partial charge in [0.1, 0.15) is 5.75 Å². The van der Waals surface area contributed by atoms with Crippen LogP contribution in [0.15, 0.2) is 53.4 Å². The third-order valence-corrected chi connectivity index (χ3v) is 4.08. The SMILES string of the molecule is O=C(NCCSc1ccc(Cl)cc1)c1ccccc1OC(F)F. The maximum absolute atomic E-state index is 12.3. The van der Waals surface area contributed by atoms with E-state index in [2.05, 4.69) is 10.1 Å². The second kappa shape index (κ2) is 8.74. The Morgan fingerprint density at radius 1 is 1.17 bits per heavy atom. The van der Waals surface area contributed by atoms with Gasteiger partial charge in [0, 0.05) is 22.2 Å². The molecule has 0 saturated heterocycles. The van der Waals surface area contributed by atoms with Crippen molar-refractivity contribution in [3.05, 3.63) is 59.1 Å². The van der Waals surface area contributed by atoms with Crippen LogP contribution in [0.5, 0.6) is 5.75 Å². The largest absolute Gasteiger partial charge is 0.434 e. The Morgan fingerprint density at radius 3 is 2.57 bits per heavy atom. The number of alkyl halides is 2. The van der Waals surface area contributed by atoms with E-state index in [9.17, 15) is 13.6 Å². The number of hydrogen-bond acceptors (Lipinski definition) is 3. The van der Waals surface area contributed by atoms with E-state index < -0.39 is 12.5 Å². The summed E-state index contributed by atoms with van der Waals surface area (Å²) in [5.74, 6) is 0.0638. The fraction of sp³-hybridized carbons (Fsp3) is 0.188. The Bertz CT molecular complexity index is 653. The topological polar surface area (TPSA) is 38.3 Å². The van der Waals surface area contributed by atoms with Crippen LogP contribution in [0.2, 0.25) is 5.02 Å². The van der Waals surface area contributed by atoms with E-state index in [1.807, 2.05) is 12.1 Å². The number of hydrogen-bond donors (Lipinski definition) is 1. The summed E-state index contributed by atoms with van der Waals surface area (Å²) in [4.78, 5) is 13.1. The monoisotopic (exact) mass is 357 g/mol. The van der Waals surface area contributed by atoms with Crippen molar-refractivity contribution < 1.29 is 18.3 Å². The quantitative estimate of drug-likeness (QED) is 0.587. The molecule has 0 bridgehead atoms. The summed E-state index contributed by atoms with van der Waals surface area (Å²) in [7, 11) is 0. The van der Waals surface area contributed by atoms with Gasteiger partial charge in [0.2, 0.25) is 0 Å². The van der Waals surface area contributed by atoms with Gasteiger partial charge in [0.25, 0.3) is 5.91 Å². The van der Waals surface area contributed by atoms with Gasteiger partial charge in [-0.3, -0.25) is 4.79 Å². The number of carbonyl (C=O) groups excluding carboxylic acids is 1. The van der Waals surface area contributed by atoms with Crippen molar-refractivity contribution in [3.8, 4) is 5.75 Å². The van der Waals surface area contributed by atoms with Crippen LogP contribution < -0.4 is 10.1 Å². The van der Waals surface area contributed by atoms with Crippen LogP contribution >= 0.6 is 23.4 Å². The molecule has 0 aliphatic heterocycles. The lowest BCUT2D eigenvalue weighted by Crippen LogP contribution is -2.26. The van der Waals surface area contributed by atoms with Gasteiger partial charge < -0.3 is 10.1 Å². The summed E-state index contributed by atoms with van der Waals surface area (Å²) in [5.41, 5.74) is 0.0873. The van der Waals surface area contributed by atoms with E-state index in [1.54, 1.807) is 30.0 Å². The Morgan fingerprint density at radius 2 is 1.87 bits per heavy atom. The van der Waals surface area contributed by atoms with Crippen molar-refractivity contribution in [1.29, 1.82) is 0 Å². The fourth-order valence-corrected chi connectivity index (χ4v) is 2.71.